The molecule has 1 rings (SSSR count). The average molecular weight is 250 g/mol. The number of hydrogen-bond acceptors (Lipinski definition) is 5. The minimum Gasteiger partial charge on any atom is -0.360 e. The van der Waals surface area contributed by atoms with Gasteiger partial charge in [0.15, 0.2) is 0 Å². The van der Waals surface area contributed by atoms with Crippen molar-refractivity contribution < 1.29 is 8.78 Å². The molecule has 7 heteroatoms. The van der Waals surface area contributed by atoms with Gasteiger partial charge in [0.2, 0.25) is 5.13 Å². The number of halogens is 2. The molecule has 4 nitrogen and oxygen atoms in total. The number of nitrogens with zero attached hydrogens (tertiary/aromatic N) is 3. The second-order valence-electron chi connectivity index (χ2n) is 3.52. The van der Waals surface area contributed by atoms with Crippen LogP contribution in [-0.2, 0) is 6.54 Å². The summed E-state index contributed by atoms with van der Waals surface area (Å²) in [5.74, 6) is 0. The first-order valence-electron chi connectivity index (χ1n) is 5.14. The Morgan fingerprint density at radius 1 is 1.44 bits per heavy atom. The third-order valence-corrected chi connectivity index (χ3v) is 2.71. The van der Waals surface area contributed by atoms with Gasteiger partial charge in [0, 0.05) is 6.54 Å². The molecule has 1 aromatic heterocycles. The second kappa shape index (κ2) is 6.70. The fourth-order valence-electron chi connectivity index (χ4n) is 1.15. The van der Waals surface area contributed by atoms with Gasteiger partial charge in [0.05, 0.1) is 13.1 Å². The van der Waals surface area contributed by atoms with Crippen LogP contribution in [0, 0.1) is 0 Å². The van der Waals surface area contributed by atoms with Gasteiger partial charge in [0.1, 0.15) is 5.01 Å². The molecule has 0 aromatic carbocycles. The Hall–Kier alpha value is -0.820. The Kier molecular flexibility index (Phi) is 5.54. The average Bonchev–Trinajstić information content (AvgIpc) is 2.61. The maximum absolute atomic E-state index is 12.1. The van der Waals surface area contributed by atoms with E-state index in [9.17, 15) is 8.78 Å². The van der Waals surface area contributed by atoms with Crippen LogP contribution in [0.25, 0.3) is 0 Å². The summed E-state index contributed by atoms with van der Waals surface area (Å²) in [4.78, 5) is 1.54. The lowest BCUT2D eigenvalue weighted by Crippen LogP contribution is -2.23. The highest BCUT2D eigenvalue weighted by atomic mass is 32.1. The van der Waals surface area contributed by atoms with E-state index in [0.717, 1.165) is 23.1 Å². The van der Waals surface area contributed by atoms with E-state index < -0.39 is 6.43 Å². The van der Waals surface area contributed by atoms with Crippen molar-refractivity contribution >= 4 is 16.5 Å². The molecule has 0 saturated heterocycles. The fraction of sp³-hybridized carbons (Fsp3) is 0.778. The first-order chi connectivity index (χ1) is 7.61. The van der Waals surface area contributed by atoms with Crippen LogP contribution >= 0.6 is 11.3 Å². The van der Waals surface area contributed by atoms with Crippen LogP contribution in [0.15, 0.2) is 0 Å². The zero-order valence-corrected chi connectivity index (χ0v) is 10.2. The standard InChI is InChI=1S/C9H16F2N4S/c1-3-4-12-9-14-13-8(16-9)6-15(2)5-7(10)11/h7H,3-6H2,1-2H3,(H,12,14). The van der Waals surface area contributed by atoms with Gasteiger partial charge in [-0.25, -0.2) is 8.78 Å². The maximum atomic E-state index is 12.1. The van der Waals surface area contributed by atoms with Crippen molar-refractivity contribution in [3.05, 3.63) is 5.01 Å². The maximum Gasteiger partial charge on any atom is 0.251 e. The Morgan fingerprint density at radius 2 is 2.19 bits per heavy atom. The molecule has 0 unspecified atom stereocenters. The predicted molar refractivity (Wildman–Crippen MR) is 61.0 cm³/mol. The van der Waals surface area contributed by atoms with Crippen LogP contribution in [0.1, 0.15) is 18.4 Å². The number of nitrogens with one attached hydrogen (secondary N) is 1. The molecule has 0 aliphatic heterocycles. The van der Waals surface area contributed by atoms with Crippen LogP contribution in [0.4, 0.5) is 13.9 Å². The predicted octanol–water partition coefficient (Wildman–Crippen LogP) is 2.06. The quantitative estimate of drug-likeness (QED) is 0.804. The Morgan fingerprint density at radius 3 is 2.81 bits per heavy atom. The number of anilines is 1. The van der Waals surface area contributed by atoms with E-state index in [-0.39, 0.29) is 6.54 Å². The first-order valence-corrected chi connectivity index (χ1v) is 5.96. The largest absolute Gasteiger partial charge is 0.360 e. The van der Waals surface area contributed by atoms with Gasteiger partial charge in [-0.3, -0.25) is 4.90 Å². The molecule has 1 aromatic rings. The van der Waals surface area contributed by atoms with Crippen molar-refractivity contribution in [3.63, 3.8) is 0 Å². The molecule has 0 radical (unpaired) electrons. The van der Waals surface area contributed by atoms with E-state index in [2.05, 4.69) is 22.4 Å². The smallest absolute Gasteiger partial charge is 0.251 e. The lowest BCUT2D eigenvalue weighted by atomic mass is 10.5. The van der Waals surface area contributed by atoms with E-state index in [1.54, 1.807) is 7.05 Å². The van der Waals surface area contributed by atoms with Crippen molar-refractivity contribution in [2.24, 2.45) is 0 Å². The van der Waals surface area contributed by atoms with Crippen molar-refractivity contribution in [1.82, 2.24) is 15.1 Å². The minimum absolute atomic E-state index is 0.239. The minimum atomic E-state index is -2.31. The monoisotopic (exact) mass is 250 g/mol. The summed E-state index contributed by atoms with van der Waals surface area (Å²) < 4.78 is 24.1. The highest BCUT2D eigenvalue weighted by Crippen LogP contribution is 2.16. The van der Waals surface area contributed by atoms with E-state index in [1.165, 1.54) is 16.2 Å². The second-order valence-corrected chi connectivity index (χ2v) is 4.58. The molecule has 0 fully saturated rings. The molecule has 0 amide bonds. The van der Waals surface area contributed by atoms with Crippen molar-refractivity contribution in [1.29, 1.82) is 0 Å². The van der Waals surface area contributed by atoms with E-state index >= 15 is 0 Å². The summed E-state index contributed by atoms with van der Waals surface area (Å²) in [5.41, 5.74) is 0. The summed E-state index contributed by atoms with van der Waals surface area (Å²) in [5, 5.41) is 12.5. The van der Waals surface area contributed by atoms with Gasteiger partial charge in [-0.15, -0.1) is 10.2 Å². The third kappa shape index (κ3) is 4.80. The van der Waals surface area contributed by atoms with Crippen LogP contribution in [-0.4, -0.2) is 41.7 Å². The molecular formula is C9H16F2N4S. The van der Waals surface area contributed by atoms with Crippen LogP contribution < -0.4 is 5.32 Å². The summed E-state index contributed by atoms with van der Waals surface area (Å²) in [7, 11) is 1.65. The van der Waals surface area contributed by atoms with Crippen LogP contribution in [0.5, 0.6) is 0 Å². The highest BCUT2D eigenvalue weighted by Gasteiger charge is 2.11. The molecule has 1 N–H and O–H groups in total. The van der Waals surface area contributed by atoms with Gasteiger partial charge in [-0.05, 0) is 13.5 Å². The number of aromatic nitrogens is 2. The van der Waals surface area contributed by atoms with E-state index in [0.29, 0.717) is 6.54 Å². The Balaban J connectivity index is 2.39. The van der Waals surface area contributed by atoms with Crippen molar-refractivity contribution in [3.8, 4) is 0 Å². The zero-order valence-electron chi connectivity index (χ0n) is 9.41. The zero-order chi connectivity index (χ0) is 12.0. The third-order valence-electron chi connectivity index (χ3n) is 1.85. The Bertz CT molecular complexity index is 305. The molecule has 0 atom stereocenters. The van der Waals surface area contributed by atoms with Crippen LogP contribution in [0.2, 0.25) is 0 Å². The lowest BCUT2D eigenvalue weighted by Gasteiger charge is -2.12. The van der Waals surface area contributed by atoms with Crippen LogP contribution in [0.3, 0.4) is 0 Å². The summed E-state index contributed by atoms with van der Waals surface area (Å²) >= 11 is 1.41. The molecule has 0 aliphatic rings. The Labute approximate surface area is 97.7 Å². The molecule has 0 saturated carbocycles. The molecule has 16 heavy (non-hydrogen) atoms. The van der Waals surface area contributed by atoms with Crippen molar-refractivity contribution in [2.75, 3.05) is 25.5 Å². The molecular weight excluding hydrogens is 234 g/mol. The summed E-state index contributed by atoms with van der Waals surface area (Å²) in [6.45, 7) is 3.08. The lowest BCUT2D eigenvalue weighted by molar-refractivity contribution is 0.0974. The number of rotatable bonds is 7. The molecule has 0 aliphatic carbocycles. The first kappa shape index (κ1) is 13.2. The molecule has 92 valence electrons. The van der Waals surface area contributed by atoms with Gasteiger partial charge in [0.25, 0.3) is 6.43 Å². The molecule has 0 bridgehead atoms. The summed E-state index contributed by atoms with van der Waals surface area (Å²) in [6, 6.07) is 0. The molecule has 0 spiro atoms. The van der Waals surface area contributed by atoms with Gasteiger partial charge >= 0.3 is 0 Å². The normalized spacial score (nSPS) is 11.4. The summed E-state index contributed by atoms with van der Waals surface area (Å²) in [6.07, 6.45) is -1.30. The van der Waals surface area contributed by atoms with Gasteiger partial charge in [-0.2, -0.15) is 0 Å². The van der Waals surface area contributed by atoms with E-state index in [1.807, 2.05) is 0 Å². The number of alkyl halides is 2. The van der Waals surface area contributed by atoms with E-state index in [4.69, 9.17) is 0 Å². The topological polar surface area (TPSA) is 41.1 Å². The highest BCUT2D eigenvalue weighted by molar-refractivity contribution is 7.15. The van der Waals surface area contributed by atoms with Gasteiger partial charge < -0.3 is 5.32 Å². The SMILES string of the molecule is CCCNc1nnc(CN(C)CC(F)F)s1. The van der Waals surface area contributed by atoms with Crippen molar-refractivity contribution in [2.45, 2.75) is 26.3 Å². The molecule has 1 heterocycles. The fourth-order valence-corrected chi connectivity index (χ4v) is 2.00. The number of hydrogen-bond donors (Lipinski definition) is 1. The van der Waals surface area contributed by atoms with Gasteiger partial charge in [-0.1, -0.05) is 18.3 Å².